The Morgan fingerprint density at radius 1 is 1.14 bits per heavy atom. The van der Waals surface area contributed by atoms with E-state index in [4.69, 9.17) is 0 Å². The molecule has 1 atom stereocenters. The van der Waals surface area contributed by atoms with Crippen molar-refractivity contribution in [1.29, 1.82) is 0 Å². The predicted molar refractivity (Wildman–Crippen MR) is 78.3 cm³/mol. The average Bonchev–Trinajstić information content (AvgIpc) is 3.03. The summed E-state index contributed by atoms with van der Waals surface area (Å²) in [5.74, 6) is 0.137. The van der Waals surface area contributed by atoms with Crippen molar-refractivity contribution in [1.82, 2.24) is 0 Å². The zero-order valence-corrected chi connectivity index (χ0v) is 14.2. The summed E-state index contributed by atoms with van der Waals surface area (Å²) in [6, 6.07) is 7.40. The lowest BCUT2D eigenvalue weighted by molar-refractivity contribution is -0.0868. The molecule has 0 radical (unpaired) electrons. The van der Waals surface area contributed by atoms with Crippen LogP contribution in [0.15, 0.2) is 24.3 Å². The van der Waals surface area contributed by atoms with Gasteiger partial charge in [-0.15, -0.1) is 13.2 Å². The fourth-order valence-corrected chi connectivity index (χ4v) is 5.40. The van der Waals surface area contributed by atoms with Gasteiger partial charge >= 0.3 is 5.51 Å². The van der Waals surface area contributed by atoms with Gasteiger partial charge in [-0.2, -0.15) is 0 Å². The van der Waals surface area contributed by atoms with Crippen molar-refractivity contribution in [2.75, 3.05) is 0 Å². The van der Waals surface area contributed by atoms with Crippen molar-refractivity contribution in [2.45, 2.75) is 50.5 Å². The molecule has 116 valence electrons. The molecule has 0 spiro atoms. The van der Waals surface area contributed by atoms with Crippen LogP contribution >= 0.6 is 10.5 Å². The maximum atomic E-state index is 13.6. The molecule has 1 unspecified atom stereocenters. The third-order valence-electron chi connectivity index (χ3n) is 4.23. The first-order chi connectivity index (χ1) is 9.50. The molecule has 1 aliphatic carbocycles. The van der Waals surface area contributed by atoms with Crippen molar-refractivity contribution in [3.05, 3.63) is 34.7 Å². The molecule has 1 aliphatic rings. The number of halogens is 4. The van der Waals surface area contributed by atoms with Gasteiger partial charge in [0.1, 0.15) is 0 Å². The van der Waals surface area contributed by atoms with Crippen LogP contribution < -0.4 is 17.0 Å². The molecule has 1 aromatic carbocycles. The second kappa shape index (κ2) is 6.29. The Kier molecular flexibility index (Phi) is 5.03. The minimum absolute atomic E-state index is 0. The van der Waals surface area contributed by atoms with Crippen molar-refractivity contribution in [2.24, 2.45) is 0 Å². The van der Waals surface area contributed by atoms with Crippen LogP contribution in [-0.2, 0) is 11.9 Å². The maximum absolute atomic E-state index is 13.6. The standard InChI is InChI=1S/C16H18F3S.BrH/c1-2-11-7-8-13-10-15(12-5-3-4-6-12)20(14(13)9-11)16(17,18)19;/h7-10,12H,2-6H2,1H3;1H/q+1;/p-1. The van der Waals surface area contributed by atoms with Crippen LogP contribution in [-0.4, -0.2) is 0 Å². The van der Waals surface area contributed by atoms with E-state index in [-0.39, 0.29) is 22.9 Å². The average molecular weight is 379 g/mol. The van der Waals surface area contributed by atoms with E-state index in [1.807, 2.05) is 25.1 Å². The van der Waals surface area contributed by atoms with Crippen molar-refractivity contribution in [3.8, 4) is 0 Å². The highest BCUT2D eigenvalue weighted by Crippen LogP contribution is 2.55. The highest BCUT2D eigenvalue weighted by atomic mass is 79.9. The molecule has 0 bridgehead atoms. The molecule has 1 saturated carbocycles. The Morgan fingerprint density at radius 2 is 1.81 bits per heavy atom. The van der Waals surface area contributed by atoms with Gasteiger partial charge in [0.25, 0.3) is 0 Å². The highest BCUT2D eigenvalue weighted by molar-refractivity contribution is 7.38. The fourth-order valence-electron chi connectivity index (χ4n) is 3.19. The zero-order chi connectivity index (χ0) is 14.3. The monoisotopic (exact) mass is 378 g/mol. The molecule has 0 N–H and O–H groups in total. The molecule has 0 nitrogen and oxygen atoms in total. The summed E-state index contributed by atoms with van der Waals surface area (Å²) in [6.45, 7) is 1.98. The summed E-state index contributed by atoms with van der Waals surface area (Å²) in [5.41, 5.74) is -3.15. The molecule has 1 heterocycles. The Bertz CT molecular complexity index is 624. The smallest absolute Gasteiger partial charge is 0.600 e. The number of hydrogen-bond acceptors (Lipinski definition) is 0. The third kappa shape index (κ3) is 3.14. The maximum Gasteiger partial charge on any atom is 0.600 e. The molecule has 0 amide bonds. The van der Waals surface area contributed by atoms with Crippen LogP contribution in [0.1, 0.15) is 49.0 Å². The molecule has 1 fully saturated rings. The van der Waals surface area contributed by atoms with Crippen LogP contribution in [0.25, 0.3) is 10.1 Å². The Balaban J connectivity index is 0.00000161. The van der Waals surface area contributed by atoms with Crippen LogP contribution in [0.4, 0.5) is 13.2 Å². The summed E-state index contributed by atoms with van der Waals surface area (Å²) in [7, 11) is -1.70. The second-order valence-corrected chi connectivity index (χ2v) is 7.49. The lowest BCUT2D eigenvalue weighted by atomic mass is 10.1. The molecule has 0 aliphatic heterocycles. The first-order valence-corrected chi connectivity index (χ1v) is 8.39. The number of benzene rings is 1. The van der Waals surface area contributed by atoms with E-state index in [9.17, 15) is 13.2 Å². The Labute approximate surface area is 136 Å². The zero-order valence-electron chi connectivity index (χ0n) is 11.8. The van der Waals surface area contributed by atoms with Gasteiger partial charge in [-0.25, -0.2) is 0 Å². The molecule has 3 rings (SSSR count). The number of rotatable bonds is 2. The molecular formula is C16H18BrF3S. The van der Waals surface area contributed by atoms with Gasteiger partial charge in [0, 0.05) is 23.4 Å². The minimum atomic E-state index is -4.15. The van der Waals surface area contributed by atoms with E-state index >= 15 is 0 Å². The number of thiophene rings is 1. The van der Waals surface area contributed by atoms with Gasteiger partial charge in [-0.05, 0) is 30.9 Å². The second-order valence-electron chi connectivity index (χ2n) is 5.51. The van der Waals surface area contributed by atoms with E-state index < -0.39 is 16.0 Å². The first kappa shape index (κ1) is 16.8. The van der Waals surface area contributed by atoms with Crippen molar-refractivity contribution >= 4 is 20.6 Å². The quantitative estimate of drug-likeness (QED) is 0.703. The van der Waals surface area contributed by atoms with Crippen LogP contribution in [0.2, 0.25) is 0 Å². The molecular weight excluding hydrogens is 361 g/mol. The lowest BCUT2D eigenvalue weighted by Gasteiger charge is -2.05. The molecule has 21 heavy (non-hydrogen) atoms. The van der Waals surface area contributed by atoms with E-state index in [0.717, 1.165) is 43.1 Å². The van der Waals surface area contributed by atoms with Gasteiger partial charge in [-0.3, -0.25) is 0 Å². The van der Waals surface area contributed by atoms with Gasteiger partial charge in [0.05, 0.1) is 10.5 Å². The van der Waals surface area contributed by atoms with Gasteiger partial charge in [0.2, 0.25) is 0 Å². The number of hydrogen-bond donors (Lipinski definition) is 0. The Morgan fingerprint density at radius 3 is 2.38 bits per heavy atom. The highest BCUT2D eigenvalue weighted by Gasteiger charge is 2.49. The normalized spacial score (nSPS) is 17.2. The summed E-state index contributed by atoms with van der Waals surface area (Å²) in [6.07, 6.45) is 4.74. The number of aryl methyl sites for hydroxylation is 1. The minimum Gasteiger partial charge on any atom is -1.00 e. The summed E-state index contributed by atoms with van der Waals surface area (Å²) < 4.78 is 41.1. The van der Waals surface area contributed by atoms with Gasteiger partial charge < -0.3 is 17.0 Å². The van der Waals surface area contributed by atoms with Gasteiger partial charge in [0.15, 0.2) is 9.58 Å². The largest absolute Gasteiger partial charge is 1.00 e. The number of fused-ring (bicyclic) bond motifs is 1. The van der Waals surface area contributed by atoms with Crippen LogP contribution in [0, 0.1) is 0 Å². The predicted octanol–water partition coefficient (Wildman–Crippen LogP) is 3.29. The van der Waals surface area contributed by atoms with Crippen LogP contribution in [0.5, 0.6) is 0 Å². The fraction of sp³-hybridized carbons (Fsp3) is 0.500. The SMILES string of the molecule is CCc1ccc2cc(C3CCCC3)[s+](C(F)(F)F)c2c1.[Br-]. The molecule has 5 heteroatoms. The Hall–Kier alpha value is -0.550. The van der Waals surface area contributed by atoms with Crippen LogP contribution in [0.3, 0.4) is 0 Å². The topological polar surface area (TPSA) is 0 Å². The molecule has 0 saturated heterocycles. The lowest BCUT2D eigenvalue weighted by Crippen LogP contribution is -3.00. The molecule has 1 aromatic heterocycles. The van der Waals surface area contributed by atoms with E-state index in [1.54, 1.807) is 6.07 Å². The van der Waals surface area contributed by atoms with Crippen molar-refractivity contribution in [3.63, 3.8) is 0 Å². The van der Waals surface area contributed by atoms with Crippen molar-refractivity contribution < 1.29 is 30.2 Å². The van der Waals surface area contributed by atoms with E-state index in [1.165, 1.54) is 0 Å². The van der Waals surface area contributed by atoms with E-state index in [2.05, 4.69) is 0 Å². The van der Waals surface area contributed by atoms with Gasteiger partial charge in [-0.1, -0.05) is 25.8 Å². The third-order valence-corrected chi connectivity index (χ3v) is 6.41. The van der Waals surface area contributed by atoms with E-state index in [0.29, 0.717) is 9.58 Å². The summed E-state index contributed by atoms with van der Waals surface area (Å²) in [5, 5.41) is 0.782. The first-order valence-electron chi connectivity index (χ1n) is 7.16. The summed E-state index contributed by atoms with van der Waals surface area (Å²) in [4.78, 5) is 0.637. The number of alkyl halides is 3. The summed E-state index contributed by atoms with van der Waals surface area (Å²) >= 11 is 0. The molecule has 2 aromatic rings.